The van der Waals surface area contributed by atoms with E-state index in [1.807, 2.05) is 23.9 Å². The first-order chi connectivity index (χ1) is 10.8. The van der Waals surface area contributed by atoms with Crippen LogP contribution in [0.2, 0.25) is 0 Å². The van der Waals surface area contributed by atoms with Gasteiger partial charge in [0.25, 0.3) is 5.91 Å². The Balaban J connectivity index is 2.03. The number of carbonyl (C=O) groups excluding carboxylic acids is 1. The van der Waals surface area contributed by atoms with E-state index in [-0.39, 0.29) is 29.1 Å². The molecule has 1 unspecified atom stereocenters. The van der Waals surface area contributed by atoms with Crippen LogP contribution in [0.1, 0.15) is 16.9 Å². The number of hydrogen-bond donors (Lipinski definition) is 1. The number of sulfone groups is 1. The molecule has 0 aliphatic carbocycles. The van der Waals surface area contributed by atoms with Gasteiger partial charge in [0.2, 0.25) is 0 Å². The van der Waals surface area contributed by atoms with Gasteiger partial charge in [0.1, 0.15) is 17.8 Å². The minimum atomic E-state index is -2.96. The average molecular weight is 341 g/mol. The van der Waals surface area contributed by atoms with Crippen LogP contribution in [0.5, 0.6) is 0 Å². The summed E-state index contributed by atoms with van der Waals surface area (Å²) >= 11 is 0. The number of rotatable bonds is 6. The van der Waals surface area contributed by atoms with Crippen LogP contribution in [-0.2, 0) is 9.84 Å². The highest BCUT2D eigenvalue weighted by molar-refractivity contribution is 7.91. The van der Waals surface area contributed by atoms with E-state index < -0.39 is 9.84 Å². The highest BCUT2D eigenvalue weighted by Crippen LogP contribution is 2.21. The van der Waals surface area contributed by atoms with Crippen molar-refractivity contribution >= 4 is 21.6 Å². The van der Waals surface area contributed by atoms with Gasteiger partial charge in [-0.15, -0.1) is 0 Å². The minimum absolute atomic E-state index is 0.112. The summed E-state index contributed by atoms with van der Waals surface area (Å²) in [5.41, 5.74) is 0.279. The molecule has 0 bridgehead atoms. The van der Waals surface area contributed by atoms with E-state index in [1.165, 1.54) is 6.33 Å². The third-order valence-corrected chi connectivity index (χ3v) is 5.60. The van der Waals surface area contributed by atoms with Gasteiger partial charge in [-0.3, -0.25) is 4.79 Å². The van der Waals surface area contributed by atoms with Crippen molar-refractivity contribution in [1.82, 2.24) is 20.2 Å². The summed E-state index contributed by atoms with van der Waals surface area (Å²) in [6.45, 7) is 1.27. The predicted molar refractivity (Wildman–Crippen MR) is 88.4 cm³/mol. The number of hydrogen-bond acceptors (Lipinski definition) is 7. The number of carbonyl (C=O) groups is 1. The van der Waals surface area contributed by atoms with E-state index in [9.17, 15) is 13.2 Å². The van der Waals surface area contributed by atoms with Gasteiger partial charge in [-0.2, -0.15) is 0 Å². The molecule has 23 heavy (non-hydrogen) atoms. The van der Waals surface area contributed by atoms with Crippen molar-refractivity contribution in [3.8, 4) is 0 Å². The lowest BCUT2D eigenvalue weighted by Gasteiger charge is -2.24. The van der Waals surface area contributed by atoms with Gasteiger partial charge in [-0.1, -0.05) is 0 Å². The second-order valence-corrected chi connectivity index (χ2v) is 8.22. The molecule has 2 rings (SSSR count). The van der Waals surface area contributed by atoms with Crippen LogP contribution < -0.4 is 10.2 Å². The van der Waals surface area contributed by atoms with Crippen molar-refractivity contribution in [3.05, 3.63) is 18.1 Å². The Kier molecular flexibility index (Phi) is 5.53. The van der Waals surface area contributed by atoms with Gasteiger partial charge >= 0.3 is 0 Å². The smallest absolute Gasteiger partial charge is 0.270 e. The monoisotopic (exact) mass is 341 g/mol. The lowest BCUT2D eigenvalue weighted by atomic mass is 10.2. The largest absolute Gasteiger partial charge is 0.356 e. The van der Waals surface area contributed by atoms with Crippen molar-refractivity contribution in [3.63, 3.8) is 0 Å². The lowest BCUT2D eigenvalue weighted by Crippen LogP contribution is -2.34. The maximum Gasteiger partial charge on any atom is 0.270 e. The van der Waals surface area contributed by atoms with Crippen molar-refractivity contribution in [1.29, 1.82) is 0 Å². The Morgan fingerprint density at radius 2 is 2.09 bits per heavy atom. The number of amides is 1. The van der Waals surface area contributed by atoms with Crippen LogP contribution in [0.15, 0.2) is 12.4 Å². The summed E-state index contributed by atoms with van der Waals surface area (Å²) in [6, 6.07) is 1.48. The zero-order valence-electron chi connectivity index (χ0n) is 13.7. The van der Waals surface area contributed by atoms with E-state index in [0.29, 0.717) is 18.8 Å². The molecule has 1 atom stereocenters. The first-order valence-electron chi connectivity index (χ1n) is 7.47. The highest BCUT2D eigenvalue weighted by Gasteiger charge is 2.31. The number of likely N-dealkylation sites (N-methyl/N-ethyl adjacent to an activating group) is 1. The number of anilines is 1. The fourth-order valence-corrected chi connectivity index (χ4v) is 4.19. The highest BCUT2D eigenvalue weighted by atomic mass is 32.2. The maximum atomic E-state index is 12.1. The molecule has 1 N–H and O–H groups in total. The first kappa shape index (κ1) is 17.6. The van der Waals surface area contributed by atoms with E-state index >= 15 is 0 Å². The second kappa shape index (κ2) is 7.22. The topological polar surface area (TPSA) is 95.5 Å². The minimum Gasteiger partial charge on any atom is -0.356 e. The fourth-order valence-electron chi connectivity index (χ4n) is 2.42. The standard InChI is InChI=1S/C14H23N5O3S/c1-18(2)6-5-15-14(20)12-8-13(17-10-16-12)19(3)11-4-7-23(21,22)9-11/h8,10-11H,4-7,9H2,1-3H3,(H,15,20). The molecule has 0 spiro atoms. The molecule has 2 heterocycles. The molecular formula is C14H23N5O3S. The summed E-state index contributed by atoms with van der Waals surface area (Å²) in [5.74, 6) is 0.617. The molecule has 1 fully saturated rings. The summed E-state index contributed by atoms with van der Waals surface area (Å²) in [7, 11) is 2.69. The Hall–Kier alpha value is -1.74. The summed E-state index contributed by atoms with van der Waals surface area (Å²) in [5, 5.41) is 2.79. The fraction of sp³-hybridized carbons (Fsp3) is 0.643. The van der Waals surface area contributed by atoms with Gasteiger partial charge in [0.05, 0.1) is 11.5 Å². The molecule has 9 heteroatoms. The third-order valence-electron chi connectivity index (χ3n) is 3.85. The zero-order chi connectivity index (χ0) is 17.0. The van der Waals surface area contributed by atoms with E-state index in [0.717, 1.165) is 6.54 Å². The van der Waals surface area contributed by atoms with Crippen molar-refractivity contribution in [2.24, 2.45) is 0 Å². The molecule has 0 radical (unpaired) electrons. The molecular weight excluding hydrogens is 318 g/mol. The van der Waals surface area contributed by atoms with Crippen LogP contribution in [0, 0.1) is 0 Å². The first-order valence-corrected chi connectivity index (χ1v) is 9.29. The summed E-state index contributed by atoms with van der Waals surface area (Å²) in [4.78, 5) is 24.0. The average Bonchev–Trinajstić information content (AvgIpc) is 2.86. The predicted octanol–water partition coefficient (Wildman–Crippen LogP) is -0.609. The molecule has 1 amide bonds. The van der Waals surface area contributed by atoms with Gasteiger partial charge in [0.15, 0.2) is 9.84 Å². The van der Waals surface area contributed by atoms with Gasteiger partial charge in [0, 0.05) is 32.2 Å². The van der Waals surface area contributed by atoms with Crippen LogP contribution >= 0.6 is 0 Å². The molecule has 1 aliphatic heterocycles. The van der Waals surface area contributed by atoms with Crippen LogP contribution in [-0.4, -0.2) is 81.0 Å². The second-order valence-electron chi connectivity index (χ2n) is 5.99. The number of nitrogens with one attached hydrogen (secondary N) is 1. The van der Waals surface area contributed by atoms with Crippen molar-refractivity contribution < 1.29 is 13.2 Å². The molecule has 0 aromatic carbocycles. The molecule has 1 aromatic rings. The van der Waals surface area contributed by atoms with E-state index in [1.54, 1.807) is 13.1 Å². The van der Waals surface area contributed by atoms with Gasteiger partial charge in [-0.25, -0.2) is 18.4 Å². The van der Waals surface area contributed by atoms with Crippen LogP contribution in [0.4, 0.5) is 5.82 Å². The summed E-state index contributed by atoms with van der Waals surface area (Å²) < 4.78 is 23.2. The molecule has 1 aliphatic rings. The van der Waals surface area contributed by atoms with Gasteiger partial charge in [-0.05, 0) is 20.5 Å². The van der Waals surface area contributed by atoms with Crippen LogP contribution in [0.25, 0.3) is 0 Å². The van der Waals surface area contributed by atoms with E-state index in [4.69, 9.17) is 0 Å². The molecule has 1 aromatic heterocycles. The number of nitrogens with zero attached hydrogens (tertiary/aromatic N) is 4. The quantitative estimate of drug-likeness (QED) is 0.737. The zero-order valence-corrected chi connectivity index (χ0v) is 14.5. The van der Waals surface area contributed by atoms with Gasteiger partial charge < -0.3 is 15.1 Å². The summed E-state index contributed by atoms with van der Waals surface area (Å²) in [6.07, 6.45) is 1.91. The molecule has 1 saturated heterocycles. The lowest BCUT2D eigenvalue weighted by molar-refractivity contribution is 0.0946. The SMILES string of the molecule is CN(C)CCNC(=O)c1cc(N(C)C2CCS(=O)(=O)C2)ncn1. The Morgan fingerprint density at radius 1 is 1.35 bits per heavy atom. The van der Waals surface area contributed by atoms with Crippen molar-refractivity contribution in [2.75, 3.05) is 50.6 Å². The molecule has 8 nitrogen and oxygen atoms in total. The normalized spacial score (nSPS) is 19.7. The Bertz CT molecular complexity index is 662. The molecule has 128 valence electrons. The van der Waals surface area contributed by atoms with Crippen LogP contribution in [0.3, 0.4) is 0 Å². The van der Waals surface area contributed by atoms with Crippen molar-refractivity contribution in [2.45, 2.75) is 12.5 Å². The Labute approximate surface area is 136 Å². The third kappa shape index (κ3) is 4.87. The maximum absolute atomic E-state index is 12.1. The van der Waals surface area contributed by atoms with E-state index in [2.05, 4.69) is 15.3 Å². The number of aromatic nitrogens is 2. The Morgan fingerprint density at radius 3 is 2.70 bits per heavy atom. The molecule has 0 saturated carbocycles.